The number of benzene rings is 1. The molecule has 0 bridgehead atoms. The monoisotopic (exact) mass is 198 g/mol. The topological polar surface area (TPSA) is 17.1 Å². The van der Waals surface area contributed by atoms with Gasteiger partial charge in [0.25, 0.3) is 0 Å². The van der Waals surface area contributed by atoms with E-state index in [9.17, 15) is 9.18 Å². The number of carbonyl (C=O) groups is 1. The molecule has 0 aliphatic heterocycles. The van der Waals surface area contributed by atoms with Crippen LogP contribution in [0.1, 0.15) is 12.5 Å². The lowest BCUT2D eigenvalue weighted by Crippen LogP contribution is -1.81. The van der Waals surface area contributed by atoms with Crippen molar-refractivity contribution in [3.05, 3.63) is 40.2 Å². The van der Waals surface area contributed by atoms with E-state index in [4.69, 9.17) is 11.6 Å². The zero-order chi connectivity index (χ0) is 9.84. The highest BCUT2D eigenvalue weighted by Gasteiger charge is 1.98. The molecule has 0 atom stereocenters. The van der Waals surface area contributed by atoms with Crippen molar-refractivity contribution < 1.29 is 9.18 Å². The van der Waals surface area contributed by atoms with Gasteiger partial charge in [0.1, 0.15) is 12.1 Å². The van der Waals surface area contributed by atoms with Crippen LogP contribution < -0.4 is 0 Å². The summed E-state index contributed by atoms with van der Waals surface area (Å²) in [6, 6.07) is 4.40. The molecular formula is C10H8ClFO. The Kier molecular flexibility index (Phi) is 3.20. The van der Waals surface area contributed by atoms with E-state index in [1.54, 1.807) is 19.1 Å². The molecule has 0 heterocycles. The molecule has 0 saturated heterocycles. The van der Waals surface area contributed by atoms with Crippen LogP contribution in [-0.2, 0) is 4.79 Å². The lowest BCUT2D eigenvalue weighted by molar-refractivity contribution is -0.104. The van der Waals surface area contributed by atoms with Gasteiger partial charge in [0, 0.05) is 0 Å². The van der Waals surface area contributed by atoms with Gasteiger partial charge in [-0.2, -0.15) is 0 Å². The van der Waals surface area contributed by atoms with E-state index in [0.29, 0.717) is 17.4 Å². The van der Waals surface area contributed by atoms with Gasteiger partial charge in [-0.3, -0.25) is 4.79 Å². The van der Waals surface area contributed by atoms with Gasteiger partial charge in [-0.15, -0.1) is 0 Å². The van der Waals surface area contributed by atoms with Crippen molar-refractivity contribution in [2.24, 2.45) is 0 Å². The third-order valence-corrected chi connectivity index (χ3v) is 1.83. The maximum atomic E-state index is 12.9. The molecule has 1 rings (SSSR count). The average molecular weight is 199 g/mol. The van der Waals surface area contributed by atoms with E-state index in [1.807, 2.05) is 0 Å². The minimum absolute atomic E-state index is 0.0842. The summed E-state index contributed by atoms with van der Waals surface area (Å²) in [4.78, 5) is 10.3. The number of hydrogen-bond donors (Lipinski definition) is 0. The fourth-order valence-corrected chi connectivity index (χ4v) is 1.02. The van der Waals surface area contributed by atoms with Gasteiger partial charge >= 0.3 is 0 Å². The van der Waals surface area contributed by atoms with Gasteiger partial charge < -0.3 is 0 Å². The number of carbonyl (C=O) groups excluding carboxylic acids is 1. The zero-order valence-electron chi connectivity index (χ0n) is 7.05. The van der Waals surface area contributed by atoms with Gasteiger partial charge in [-0.1, -0.05) is 17.7 Å². The molecule has 13 heavy (non-hydrogen) atoms. The molecule has 0 aliphatic rings. The minimum atomic E-state index is -0.478. The van der Waals surface area contributed by atoms with Crippen molar-refractivity contribution in [3.63, 3.8) is 0 Å². The summed E-state index contributed by atoms with van der Waals surface area (Å²) in [5.41, 5.74) is 1.17. The van der Waals surface area contributed by atoms with Gasteiger partial charge in [-0.25, -0.2) is 4.39 Å². The maximum Gasteiger partial charge on any atom is 0.145 e. The molecule has 0 fully saturated rings. The van der Waals surface area contributed by atoms with Crippen LogP contribution in [0.25, 0.3) is 6.08 Å². The van der Waals surface area contributed by atoms with E-state index < -0.39 is 5.82 Å². The van der Waals surface area contributed by atoms with Gasteiger partial charge in [0.15, 0.2) is 0 Å². The van der Waals surface area contributed by atoms with Crippen molar-refractivity contribution in [2.75, 3.05) is 0 Å². The normalized spacial score (nSPS) is 11.5. The lowest BCUT2D eigenvalue weighted by atomic mass is 10.1. The Morgan fingerprint density at radius 2 is 2.23 bits per heavy atom. The Hall–Kier alpha value is -1.15. The van der Waals surface area contributed by atoms with E-state index in [0.717, 1.165) is 0 Å². The summed E-state index contributed by atoms with van der Waals surface area (Å²) in [6.45, 7) is 1.65. The third-order valence-electron chi connectivity index (χ3n) is 1.52. The Labute approximate surface area is 80.8 Å². The third kappa shape index (κ3) is 2.67. The number of rotatable bonds is 2. The summed E-state index contributed by atoms with van der Waals surface area (Å²) >= 11 is 5.49. The number of aldehydes is 1. The SMILES string of the molecule is CC(C=O)=Cc1ccc(Cl)c(F)c1. The first-order chi connectivity index (χ1) is 6.13. The Morgan fingerprint density at radius 3 is 2.77 bits per heavy atom. The van der Waals surface area contributed by atoms with Crippen molar-refractivity contribution >= 4 is 24.0 Å². The first kappa shape index (κ1) is 9.93. The van der Waals surface area contributed by atoms with Crippen molar-refractivity contribution in [1.82, 2.24) is 0 Å². The minimum Gasteiger partial charge on any atom is -0.298 e. The molecule has 0 aromatic heterocycles. The molecule has 1 aromatic rings. The fourth-order valence-electron chi connectivity index (χ4n) is 0.899. The second kappa shape index (κ2) is 4.19. The molecule has 1 aromatic carbocycles. The number of allylic oxidation sites excluding steroid dienone is 1. The molecule has 0 spiro atoms. The van der Waals surface area contributed by atoms with E-state index in [2.05, 4.69) is 0 Å². The van der Waals surface area contributed by atoms with Crippen LogP contribution in [0.5, 0.6) is 0 Å². The molecular weight excluding hydrogens is 191 g/mol. The van der Waals surface area contributed by atoms with Crippen molar-refractivity contribution in [3.8, 4) is 0 Å². The highest BCUT2D eigenvalue weighted by molar-refractivity contribution is 6.30. The van der Waals surface area contributed by atoms with Crippen LogP contribution in [0, 0.1) is 5.82 Å². The number of hydrogen-bond acceptors (Lipinski definition) is 1. The lowest BCUT2D eigenvalue weighted by Gasteiger charge is -1.96. The van der Waals surface area contributed by atoms with Gasteiger partial charge in [-0.05, 0) is 36.3 Å². The number of halogens is 2. The summed E-state index contributed by atoms with van der Waals surface area (Å²) in [7, 11) is 0. The summed E-state index contributed by atoms with van der Waals surface area (Å²) in [5.74, 6) is -0.478. The molecule has 0 unspecified atom stereocenters. The van der Waals surface area contributed by atoms with Crippen LogP contribution >= 0.6 is 11.6 Å². The molecule has 0 saturated carbocycles. The summed E-state index contributed by atoms with van der Waals surface area (Å²) < 4.78 is 12.9. The molecule has 68 valence electrons. The summed E-state index contributed by atoms with van der Waals surface area (Å²) in [6.07, 6.45) is 2.30. The van der Waals surface area contributed by atoms with Gasteiger partial charge in [0.2, 0.25) is 0 Å². The molecule has 0 radical (unpaired) electrons. The Balaban J connectivity index is 3.04. The van der Waals surface area contributed by atoms with E-state index >= 15 is 0 Å². The zero-order valence-corrected chi connectivity index (χ0v) is 7.81. The largest absolute Gasteiger partial charge is 0.298 e. The fraction of sp³-hybridized carbons (Fsp3) is 0.100. The van der Waals surface area contributed by atoms with Gasteiger partial charge in [0.05, 0.1) is 5.02 Å². The average Bonchev–Trinajstić information content (AvgIpc) is 2.11. The van der Waals surface area contributed by atoms with Crippen molar-refractivity contribution in [1.29, 1.82) is 0 Å². The molecule has 0 N–H and O–H groups in total. The predicted molar refractivity (Wildman–Crippen MR) is 51.1 cm³/mol. The molecule has 0 amide bonds. The van der Waals surface area contributed by atoms with E-state index in [1.165, 1.54) is 12.1 Å². The molecule has 1 nitrogen and oxygen atoms in total. The standard InChI is InChI=1S/C10H8ClFO/c1-7(6-13)4-8-2-3-9(11)10(12)5-8/h2-6H,1H3. The van der Waals surface area contributed by atoms with E-state index in [-0.39, 0.29) is 5.02 Å². The van der Waals surface area contributed by atoms with Crippen LogP contribution in [0.4, 0.5) is 4.39 Å². The first-order valence-corrected chi connectivity index (χ1v) is 4.10. The predicted octanol–water partition coefficient (Wildman–Crippen LogP) is 3.08. The second-order valence-corrected chi connectivity index (χ2v) is 3.09. The van der Waals surface area contributed by atoms with Crippen LogP contribution in [0.3, 0.4) is 0 Å². The Morgan fingerprint density at radius 1 is 1.54 bits per heavy atom. The van der Waals surface area contributed by atoms with Crippen molar-refractivity contribution in [2.45, 2.75) is 6.92 Å². The quantitative estimate of drug-likeness (QED) is 0.527. The maximum absolute atomic E-state index is 12.9. The smallest absolute Gasteiger partial charge is 0.145 e. The summed E-state index contributed by atoms with van der Waals surface area (Å²) in [5, 5.41) is 0.0842. The highest BCUT2D eigenvalue weighted by Crippen LogP contribution is 2.16. The first-order valence-electron chi connectivity index (χ1n) is 3.72. The Bertz CT molecular complexity index is 358. The molecule has 3 heteroatoms. The van der Waals surface area contributed by atoms with Crippen LogP contribution in [0.2, 0.25) is 5.02 Å². The van der Waals surface area contributed by atoms with Crippen LogP contribution in [-0.4, -0.2) is 6.29 Å². The highest BCUT2D eigenvalue weighted by atomic mass is 35.5. The van der Waals surface area contributed by atoms with Crippen LogP contribution in [0.15, 0.2) is 23.8 Å². The second-order valence-electron chi connectivity index (χ2n) is 2.68. The molecule has 0 aliphatic carbocycles.